The molecule has 0 aliphatic carbocycles. The Bertz CT molecular complexity index is 540. The van der Waals surface area contributed by atoms with Crippen LogP contribution in [0.15, 0.2) is 11.4 Å². The zero-order valence-electron chi connectivity index (χ0n) is 12.3. The van der Waals surface area contributed by atoms with Crippen LogP contribution in [-0.2, 0) is 0 Å². The molecule has 3 unspecified atom stereocenters. The van der Waals surface area contributed by atoms with Gasteiger partial charge in [-0.2, -0.15) is 0 Å². The standard InChI is InChI=1S/C16H22N2OS/c1-11-9-12(2)13(3)18(10-11)16(19)15-14(5-4-7-17)6-8-20-15/h6,8,11-13H,7,9-10,17H2,1-3H3. The average molecular weight is 290 g/mol. The van der Waals surface area contributed by atoms with E-state index in [4.69, 9.17) is 5.73 Å². The minimum atomic E-state index is 0.118. The van der Waals surface area contributed by atoms with Crippen LogP contribution < -0.4 is 5.73 Å². The van der Waals surface area contributed by atoms with Crippen LogP contribution in [0.2, 0.25) is 0 Å². The van der Waals surface area contributed by atoms with Crippen molar-refractivity contribution >= 4 is 17.2 Å². The van der Waals surface area contributed by atoms with E-state index < -0.39 is 0 Å². The highest BCUT2D eigenvalue weighted by molar-refractivity contribution is 7.12. The lowest BCUT2D eigenvalue weighted by Crippen LogP contribution is -2.48. The van der Waals surface area contributed by atoms with E-state index >= 15 is 0 Å². The summed E-state index contributed by atoms with van der Waals surface area (Å²) < 4.78 is 0. The number of likely N-dealkylation sites (tertiary alicyclic amines) is 1. The Kier molecular flexibility index (Phi) is 4.85. The summed E-state index contributed by atoms with van der Waals surface area (Å²) in [5, 5.41) is 1.93. The molecule has 1 aliphatic rings. The van der Waals surface area contributed by atoms with Crippen LogP contribution in [0, 0.1) is 23.7 Å². The number of carbonyl (C=O) groups excluding carboxylic acids is 1. The summed E-state index contributed by atoms with van der Waals surface area (Å²) in [6.07, 6.45) is 1.19. The highest BCUT2D eigenvalue weighted by Gasteiger charge is 2.33. The van der Waals surface area contributed by atoms with Crippen molar-refractivity contribution in [1.82, 2.24) is 4.90 Å². The quantitative estimate of drug-likeness (QED) is 0.808. The summed E-state index contributed by atoms with van der Waals surface area (Å²) in [5.74, 6) is 7.05. The highest BCUT2D eigenvalue weighted by atomic mass is 32.1. The fraction of sp³-hybridized carbons (Fsp3) is 0.562. The molecule has 108 valence electrons. The molecule has 0 saturated carbocycles. The number of hydrogen-bond donors (Lipinski definition) is 1. The number of thiophene rings is 1. The average Bonchev–Trinajstić information content (AvgIpc) is 2.88. The van der Waals surface area contributed by atoms with E-state index in [2.05, 4.69) is 32.6 Å². The molecule has 3 atom stereocenters. The molecule has 0 bridgehead atoms. The van der Waals surface area contributed by atoms with Crippen molar-refractivity contribution in [1.29, 1.82) is 0 Å². The predicted octanol–water partition coefficient (Wildman–Crippen LogP) is 2.56. The van der Waals surface area contributed by atoms with E-state index in [1.807, 2.05) is 16.3 Å². The molecule has 0 spiro atoms. The van der Waals surface area contributed by atoms with Crippen molar-refractivity contribution in [2.75, 3.05) is 13.1 Å². The number of carbonyl (C=O) groups is 1. The highest BCUT2D eigenvalue weighted by Crippen LogP contribution is 2.29. The van der Waals surface area contributed by atoms with E-state index in [0.29, 0.717) is 18.4 Å². The zero-order chi connectivity index (χ0) is 14.7. The van der Waals surface area contributed by atoms with Gasteiger partial charge in [0, 0.05) is 18.2 Å². The number of nitrogens with two attached hydrogens (primary N) is 1. The monoisotopic (exact) mass is 290 g/mol. The predicted molar refractivity (Wildman–Crippen MR) is 83.7 cm³/mol. The maximum Gasteiger partial charge on any atom is 0.265 e. The molecule has 1 aliphatic heterocycles. The largest absolute Gasteiger partial charge is 0.335 e. The number of amides is 1. The van der Waals surface area contributed by atoms with E-state index in [1.165, 1.54) is 17.8 Å². The Balaban J connectivity index is 2.24. The molecule has 4 heteroatoms. The van der Waals surface area contributed by atoms with Crippen LogP contribution in [-0.4, -0.2) is 29.9 Å². The van der Waals surface area contributed by atoms with Gasteiger partial charge in [-0.15, -0.1) is 11.3 Å². The van der Waals surface area contributed by atoms with E-state index in [9.17, 15) is 4.79 Å². The molecule has 1 aromatic rings. The first-order valence-corrected chi connectivity index (χ1v) is 8.00. The molecule has 1 amide bonds. The number of hydrogen-bond acceptors (Lipinski definition) is 3. The Hall–Kier alpha value is -1.31. The van der Waals surface area contributed by atoms with Crippen molar-refractivity contribution < 1.29 is 4.79 Å². The summed E-state index contributed by atoms with van der Waals surface area (Å²) >= 11 is 1.47. The van der Waals surface area contributed by atoms with Gasteiger partial charge in [0.15, 0.2) is 0 Å². The first-order chi connectivity index (χ1) is 9.54. The van der Waals surface area contributed by atoms with Crippen molar-refractivity contribution in [2.45, 2.75) is 33.2 Å². The van der Waals surface area contributed by atoms with Crippen molar-refractivity contribution in [2.24, 2.45) is 17.6 Å². The van der Waals surface area contributed by atoms with Crippen LogP contribution >= 0.6 is 11.3 Å². The molecule has 2 heterocycles. The fourth-order valence-electron chi connectivity index (χ4n) is 2.83. The number of rotatable bonds is 1. The second kappa shape index (κ2) is 6.43. The first-order valence-electron chi connectivity index (χ1n) is 7.12. The summed E-state index contributed by atoms with van der Waals surface area (Å²) in [5.41, 5.74) is 6.22. The fourth-order valence-corrected chi connectivity index (χ4v) is 3.64. The smallest absolute Gasteiger partial charge is 0.265 e. The van der Waals surface area contributed by atoms with Gasteiger partial charge in [-0.25, -0.2) is 0 Å². The van der Waals surface area contributed by atoms with Gasteiger partial charge >= 0.3 is 0 Å². The Morgan fingerprint density at radius 1 is 1.50 bits per heavy atom. The zero-order valence-corrected chi connectivity index (χ0v) is 13.2. The van der Waals surface area contributed by atoms with Gasteiger partial charge < -0.3 is 10.6 Å². The van der Waals surface area contributed by atoms with Gasteiger partial charge in [0.05, 0.1) is 6.54 Å². The molecule has 2 N–H and O–H groups in total. The molecule has 1 saturated heterocycles. The van der Waals surface area contributed by atoms with Gasteiger partial charge in [0.25, 0.3) is 5.91 Å². The summed E-state index contributed by atoms with van der Waals surface area (Å²) in [4.78, 5) is 15.5. The van der Waals surface area contributed by atoms with E-state index in [-0.39, 0.29) is 11.9 Å². The van der Waals surface area contributed by atoms with Crippen molar-refractivity contribution in [3.05, 3.63) is 21.9 Å². The third kappa shape index (κ3) is 3.05. The summed E-state index contributed by atoms with van der Waals surface area (Å²) in [7, 11) is 0. The maximum atomic E-state index is 12.8. The number of nitrogens with zero attached hydrogens (tertiary/aromatic N) is 1. The second-order valence-corrected chi connectivity index (χ2v) is 6.60. The molecule has 1 fully saturated rings. The molecule has 3 nitrogen and oxygen atoms in total. The van der Waals surface area contributed by atoms with Crippen molar-refractivity contribution in [3.63, 3.8) is 0 Å². The van der Waals surface area contributed by atoms with Crippen LogP contribution in [0.5, 0.6) is 0 Å². The molecule has 1 aromatic heterocycles. The Labute approximate surface area is 125 Å². The van der Waals surface area contributed by atoms with Crippen LogP contribution in [0.3, 0.4) is 0 Å². The lowest BCUT2D eigenvalue weighted by Gasteiger charge is -2.41. The van der Waals surface area contributed by atoms with Crippen LogP contribution in [0.4, 0.5) is 0 Å². The molecule has 20 heavy (non-hydrogen) atoms. The minimum absolute atomic E-state index is 0.118. The topological polar surface area (TPSA) is 46.3 Å². The van der Waals surface area contributed by atoms with Gasteiger partial charge in [0.1, 0.15) is 4.88 Å². The van der Waals surface area contributed by atoms with Gasteiger partial charge in [-0.3, -0.25) is 4.79 Å². The van der Waals surface area contributed by atoms with Gasteiger partial charge in [-0.05, 0) is 36.6 Å². The lowest BCUT2D eigenvalue weighted by atomic mass is 9.86. The maximum absolute atomic E-state index is 12.8. The Morgan fingerprint density at radius 2 is 2.25 bits per heavy atom. The van der Waals surface area contributed by atoms with Crippen LogP contribution in [0.25, 0.3) is 0 Å². The van der Waals surface area contributed by atoms with E-state index in [0.717, 1.165) is 17.0 Å². The molecule has 2 rings (SSSR count). The molecule has 0 aromatic carbocycles. The SMILES string of the molecule is CC1CC(C)C(C)N(C(=O)c2sccc2C#CCN)C1. The molecular formula is C16H22N2OS. The Morgan fingerprint density at radius 3 is 2.95 bits per heavy atom. The molecule has 0 radical (unpaired) electrons. The third-order valence-electron chi connectivity index (χ3n) is 4.04. The van der Waals surface area contributed by atoms with Gasteiger partial charge in [-0.1, -0.05) is 25.7 Å². The summed E-state index contributed by atoms with van der Waals surface area (Å²) in [6, 6.07) is 2.19. The summed E-state index contributed by atoms with van der Waals surface area (Å²) in [6.45, 7) is 7.74. The lowest BCUT2D eigenvalue weighted by molar-refractivity contribution is 0.0460. The number of piperidine rings is 1. The first kappa shape index (κ1) is 15.1. The normalized spacial score (nSPS) is 26.0. The van der Waals surface area contributed by atoms with Gasteiger partial charge in [0.2, 0.25) is 0 Å². The van der Waals surface area contributed by atoms with E-state index in [1.54, 1.807) is 0 Å². The molecular weight excluding hydrogens is 268 g/mol. The van der Waals surface area contributed by atoms with Crippen molar-refractivity contribution in [3.8, 4) is 11.8 Å². The second-order valence-electron chi connectivity index (χ2n) is 5.69. The van der Waals surface area contributed by atoms with Crippen LogP contribution in [0.1, 0.15) is 42.4 Å². The third-order valence-corrected chi connectivity index (χ3v) is 4.95. The minimum Gasteiger partial charge on any atom is -0.335 e.